The zero-order valence-electron chi connectivity index (χ0n) is 25.3. The number of aromatic nitrogens is 2. The molecule has 0 N–H and O–H groups in total. The summed E-state index contributed by atoms with van der Waals surface area (Å²) >= 11 is 0. The van der Waals surface area contributed by atoms with Crippen LogP contribution >= 0.6 is 0 Å². The van der Waals surface area contributed by atoms with Crippen molar-refractivity contribution in [2.24, 2.45) is 0 Å². The molecule has 224 valence electrons. The number of sulfone groups is 1. The Bertz CT molecular complexity index is 2530. The molecule has 0 radical (unpaired) electrons. The molecule has 0 spiro atoms. The first-order valence-corrected chi connectivity index (χ1v) is 17.1. The Balaban J connectivity index is 1.33. The van der Waals surface area contributed by atoms with Gasteiger partial charge in [0, 0.05) is 22.7 Å². The first kappa shape index (κ1) is 27.5. The summed E-state index contributed by atoms with van der Waals surface area (Å²) in [6.07, 6.45) is 1.76. The standard InChI is InChI=1S/C42H28N2O2S/c45-47(46,32-15-5-2-6-16-32)41-26-24-30(28-43-41)42(37-20-10-7-17-33(37)34-18-8-11-21-38(34)42)29-23-25-40-36(27-29)35-19-9-12-22-39(35)44(40)31-13-3-1-4-14-31/h1-28H. The van der Waals surface area contributed by atoms with Crippen LogP contribution in [0.2, 0.25) is 0 Å². The molecule has 0 amide bonds. The fourth-order valence-electron chi connectivity index (χ4n) is 7.57. The van der Waals surface area contributed by atoms with Gasteiger partial charge in [0.1, 0.15) is 0 Å². The minimum atomic E-state index is -3.78. The Hall–Kier alpha value is -5.78. The molecule has 0 saturated heterocycles. The van der Waals surface area contributed by atoms with Crippen LogP contribution in [0.15, 0.2) is 180 Å². The molecule has 0 unspecified atom stereocenters. The molecular formula is C42H28N2O2S. The van der Waals surface area contributed by atoms with Crippen molar-refractivity contribution in [1.82, 2.24) is 9.55 Å². The molecule has 0 saturated carbocycles. The van der Waals surface area contributed by atoms with Gasteiger partial charge in [-0.15, -0.1) is 0 Å². The summed E-state index contributed by atoms with van der Waals surface area (Å²) in [5.74, 6) is 0. The third-order valence-corrected chi connectivity index (χ3v) is 11.3. The van der Waals surface area contributed by atoms with E-state index in [9.17, 15) is 8.42 Å². The largest absolute Gasteiger partial charge is 0.309 e. The van der Waals surface area contributed by atoms with Gasteiger partial charge in [0.05, 0.1) is 21.3 Å². The van der Waals surface area contributed by atoms with Crippen molar-refractivity contribution in [3.05, 3.63) is 192 Å². The topological polar surface area (TPSA) is 52.0 Å². The van der Waals surface area contributed by atoms with Crippen molar-refractivity contribution < 1.29 is 8.42 Å². The monoisotopic (exact) mass is 624 g/mol. The Kier molecular flexibility index (Phi) is 6.08. The van der Waals surface area contributed by atoms with Crippen molar-refractivity contribution in [1.29, 1.82) is 0 Å². The Morgan fingerprint density at radius 3 is 1.77 bits per heavy atom. The molecule has 4 nitrogen and oxygen atoms in total. The van der Waals surface area contributed by atoms with Crippen LogP contribution in [0.25, 0.3) is 38.6 Å². The van der Waals surface area contributed by atoms with Gasteiger partial charge >= 0.3 is 0 Å². The maximum Gasteiger partial charge on any atom is 0.223 e. The Morgan fingerprint density at radius 2 is 1.09 bits per heavy atom. The maximum atomic E-state index is 13.5. The third kappa shape index (κ3) is 3.93. The predicted molar refractivity (Wildman–Crippen MR) is 188 cm³/mol. The number of hydrogen-bond acceptors (Lipinski definition) is 3. The van der Waals surface area contributed by atoms with Crippen LogP contribution in [0.3, 0.4) is 0 Å². The number of pyridine rings is 1. The van der Waals surface area contributed by atoms with Gasteiger partial charge in [-0.1, -0.05) is 115 Å². The summed E-state index contributed by atoms with van der Waals surface area (Å²) in [5.41, 5.74) is 9.28. The van der Waals surface area contributed by atoms with Crippen LogP contribution < -0.4 is 0 Å². The Labute approximate surface area is 273 Å². The van der Waals surface area contributed by atoms with Gasteiger partial charge < -0.3 is 4.57 Å². The number of benzene rings is 6. The van der Waals surface area contributed by atoms with Crippen molar-refractivity contribution in [3.63, 3.8) is 0 Å². The molecule has 0 bridgehead atoms. The molecule has 2 heterocycles. The lowest BCUT2D eigenvalue weighted by Crippen LogP contribution is -2.29. The van der Waals surface area contributed by atoms with Crippen molar-refractivity contribution in [2.45, 2.75) is 15.3 Å². The zero-order valence-corrected chi connectivity index (χ0v) is 26.1. The molecule has 9 rings (SSSR count). The van der Waals surface area contributed by atoms with E-state index < -0.39 is 15.3 Å². The summed E-state index contributed by atoms with van der Waals surface area (Å²) in [6, 6.07) is 54.9. The number of nitrogens with zero attached hydrogens (tertiary/aromatic N) is 2. The van der Waals surface area contributed by atoms with Crippen LogP contribution in [-0.2, 0) is 15.3 Å². The summed E-state index contributed by atoms with van der Waals surface area (Å²) in [4.78, 5) is 4.88. The maximum absolute atomic E-state index is 13.5. The lowest BCUT2D eigenvalue weighted by molar-refractivity contribution is 0.592. The molecule has 0 fully saturated rings. The summed E-state index contributed by atoms with van der Waals surface area (Å²) in [6.45, 7) is 0. The van der Waals surface area contributed by atoms with E-state index in [4.69, 9.17) is 0 Å². The molecule has 6 aromatic carbocycles. The smallest absolute Gasteiger partial charge is 0.223 e. The highest BCUT2D eigenvalue weighted by Crippen LogP contribution is 2.56. The number of para-hydroxylation sites is 2. The fourth-order valence-corrected chi connectivity index (χ4v) is 8.76. The molecule has 1 aliphatic carbocycles. The van der Waals surface area contributed by atoms with Crippen LogP contribution in [0, 0.1) is 0 Å². The summed E-state index contributed by atoms with van der Waals surface area (Å²) in [5, 5.41) is 2.35. The Morgan fingerprint density at radius 1 is 0.511 bits per heavy atom. The van der Waals surface area contributed by atoms with Crippen LogP contribution in [0.1, 0.15) is 22.3 Å². The quantitative estimate of drug-likeness (QED) is 0.192. The molecule has 5 heteroatoms. The fraction of sp³-hybridized carbons (Fsp3) is 0.0238. The van der Waals surface area contributed by atoms with Crippen LogP contribution in [0.5, 0.6) is 0 Å². The van der Waals surface area contributed by atoms with Crippen molar-refractivity contribution in [2.75, 3.05) is 0 Å². The molecule has 1 aliphatic rings. The number of hydrogen-bond donors (Lipinski definition) is 0. The minimum absolute atomic E-state index is 0.0311. The lowest BCUT2D eigenvalue weighted by Gasteiger charge is -2.33. The van der Waals surface area contributed by atoms with Gasteiger partial charge in [0.15, 0.2) is 5.03 Å². The normalized spacial score (nSPS) is 13.4. The van der Waals surface area contributed by atoms with E-state index >= 15 is 0 Å². The highest BCUT2D eigenvalue weighted by molar-refractivity contribution is 7.91. The lowest BCUT2D eigenvalue weighted by atomic mass is 9.68. The average molecular weight is 625 g/mol. The highest BCUT2D eigenvalue weighted by Gasteiger charge is 2.46. The third-order valence-electron chi connectivity index (χ3n) is 9.57. The summed E-state index contributed by atoms with van der Waals surface area (Å²) in [7, 11) is -3.78. The van der Waals surface area contributed by atoms with E-state index in [1.54, 1.807) is 36.5 Å². The van der Waals surface area contributed by atoms with Gasteiger partial charge in [-0.2, -0.15) is 0 Å². The van der Waals surface area contributed by atoms with Crippen LogP contribution in [0.4, 0.5) is 0 Å². The molecular weight excluding hydrogens is 597 g/mol. The first-order valence-electron chi connectivity index (χ1n) is 15.6. The van der Waals surface area contributed by atoms with Gasteiger partial charge in [0.25, 0.3) is 0 Å². The second-order valence-electron chi connectivity index (χ2n) is 12.0. The SMILES string of the molecule is O=S(=O)(c1ccccc1)c1ccc(C2(c3ccc4c(c3)c3ccccc3n4-c3ccccc3)c3ccccc3-c3ccccc32)cn1. The number of rotatable bonds is 5. The second-order valence-corrected chi connectivity index (χ2v) is 13.9. The molecule has 2 aromatic heterocycles. The predicted octanol–water partition coefficient (Wildman–Crippen LogP) is 9.37. The van der Waals surface area contributed by atoms with Crippen LogP contribution in [-0.4, -0.2) is 18.0 Å². The van der Waals surface area contributed by atoms with E-state index in [0.717, 1.165) is 55.5 Å². The highest BCUT2D eigenvalue weighted by atomic mass is 32.2. The first-order chi connectivity index (χ1) is 23.1. The van der Waals surface area contributed by atoms with E-state index in [-0.39, 0.29) is 9.92 Å². The van der Waals surface area contributed by atoms with Gasteiger partial charge in [0.2, 0.25) is 9.84 Å². The van der Waals surface area contributed by atoms with Gasteiger partial charge in [-0.3, -0.25) is 0 Å². The van der Waals surface area contributed by atoms with Gasteiger partial charge in [-0.05, 0) is 81.9 Å². The second kappa shape index (κ2) is 10.4. The van der Waals surface area contributed by atoms with E-state index in [2.05, 4.69) is 125 Å². The van der Waals surface area contributed by atoms with E-state index in [1.807, 2.05) is 18.2 Å². The number of fused-ring (bicyclic) bond motifs is 6. The van der Waals surface area contributed by atoms with Crippen molar-refractivity contribution >= 4 is 31.6 Å². The molecule has 0 aliphatic heterocycles. The average Bonchev–Trinajstić information content (AvgIpc) is 3.63. The van der Waals surface area contributed by atoms with E-state index in [0.29, 0.717) is 0 Å². The molecule has 0 atom stereocenters. The van der Waals surface area contributed by atoms with E-state index in [1.165, 1.54) is 5.39 Å². The van der Waals surface area contributed by atoms with Crippen molar-refractivity contribution in [3.8, 4) is 16.8 Å². The molecule has 47 heavy (non-hydrogen) atoms. The summed E-state index contributed by atoms with van der Waals surface area (Å²) < 4.78 is 29.4. The van der Waals surface area contributed by atoms with Gasteiger partial charge in [-0.25, -0.2) is 13.4 Å². The molecule has 8 aromatic rings. The minimum Gasteiger partial charge on any atom is -0.309 e. The zero-order chi connectivity index (χ0) is 31.6.